The Bertz CT molecular complexity index is 1880. The third-order valence-electron chi connectivity index (χ3n) is 8.58. The number of rotatable bonds is 13. The number of nitrogens with zero attached hydrogens (tertiary/aromatic N) is 3. The van der Waals surface area contributed by atoms with Crippen LogP contribution in [0.1, 0.15) is 42.7 Å². The van der Waals surface area contributed by atoms with Crippen LogP contribution in [0.3, 0.4) is 0 Å². The summed E-state index contributed by atoms with van der Waals surface area (Å²) in [6.45, 7) is 4.13. The zero-order valence-corrected chi connectivity index (χ0v) is 27.7. The number of carbonyl (C=O) groups excluding carboxylic acids is 2. The fourth-order valence-electron chi connectivity index (χ4n) is 6.42. The van der Waals surface area contributed by atoms with Crippen LogP contribution in [0.4, 0.5) is 5.69 Å². The minimum absolute atomic E-state index is 0.225. The van der Waals surface area contributed by atoms with Gasteiger partial charge in [-0.1, -0.05) is 116 Å². The number of aromatic nitrogens is 3. The molecule has 6 aromatic rings. The van der Waals surface area contributed by atoms with Crippen LogP contribution in [0.25, 0.3) is 10.9 Å². The third kappa shape index (κ3) is 6.87. The van der Waals surface area contributed by atoms with E-state index in [1.54, 1.807) is 18.3 Å². The Labute approximate surface area is 286 Å². The van der Waals surface area contributed by atoms with Gasteiger partial charge in [0.1, 0.15) is 17.9 Å². The summed E-state index contributed by atoms with van der Waals surface area (Å²) < 4.78 is 2.11. The Balaban J connectivity index is 1.29. The fourth-order valence-corrected chi connectivity index (χ4v) is 6.58. The van der Waals surface area contributed by atoms with Crippen LogP contribution in [0, 0.1) is 5.92 Å². The average molecular weight is 656 g/mol. The molecule has 4 aromatic carbocycles. The Kier molecular flexibility index (Phi) is 9.97. The first-order valence-electron chi connectivity index (χ1n) is 16.1. The molecule has 242 valence electrons. The average Bonchev–Trinajstić information content (AvgIpc) is 3.57. The van der Waals surface area contributed by atoms with Gasteiger partial charge in [-0.3, -0.25) is 9.78 Å². The Hall–Kier alpha value is -5.27. The molecular weight excluding hydrogens is 618 g/mol. The Morgan fingerprint density at radius 3 is 2.02 bits per heavy atom. The van der Waals surface area contributed by atoms with E-state index in [1.807, 2.05) is 79.3 Å². The summed E-state index contributed by atoms with van der Waals surface area (Å²) in [5.41, 5.74) is 4.68. The standard InChI is InChI=1S/C40H38ClN5O2/c1-28(2)22-38(45-36-20-21-42-37-23-32(41)18-19-35(36)37)39(48)44-34(26-47)24-33-25-46(27-43-33)40(29-12-6-3-7-13-29,30-14-8-4-9-15-30)31-16-10-5-11-17-31/h3-21,23,25-28,34,38H,22,24H2,1-2H3,(H,42,45)(H,44,48)/t34-,38-/m0/s1. The molecule has 0 radical (unpaired) electrons. The quantitative estimate of drug-likeness (QED) is 0.0984. The van der Waals surface area contributed by atoms with Gasteiger partial charge in [0.05, 0.1) is 23.6 Å². The largest absolute Gasteiger partial charge is 0.373 e. The number of carbonyl (C=O) groups is 2. The monoisotopic (exact) mass is 655 g/mol. The summed E-state index contributed by atoms with van der Waals surface area (Å²) >= 11 is 6.19. The van der Waals surface area contributed by atoms with Crippen molar-refractivity contribution in [2.24, 2.45) is 5.92 Å². The van der Waals surface area contributed by atoms with Gasteiger partial charge in [0.2, 0.25) is 5.91 Å². The highest BCUT2D eigenvalue weighted by molar-refractivity contribution is 6.31. The molecule has 2 aromatic heterocycles. The van der Waals surface area contributed by atoms with Crippen molar-refractivity contribution in [2.75, 3.05) is 5.32 Å². The molecule has 0 fully saturated rings. The van der Waals surface area contributed by atoms with Crippen molar-refractivity contribution >= 4 is 40.4 Å². The number of nitrogens with one attached hydrogen (secondary N) is 2. The first-order valence-corrected chi connectivity index (χ1v) is 16.5. The second-order valence-corrected chi connectivity index (χ2v) is 12.8. The van der Waals surface area contributed by atoms with Crippen LogP contribution in [0.2, 0.25) is 5.02 Å². The summed E-state index contributed by atoms with van der Waals surface area (Å²) in [4.78, 5) is 35.4. The van der Waals surface area contributed by atoms with Crippen molar-refractivity contribution in [3.05, 3.63) is 161 Å². The number of halogens is 1. The summed E-state index contributed by atoms with van der Waals surface area (Å²) in [6, 6.07) is 37.0. The Morgan fingerprint density at radius 2 is 1.46 bits per heavy atom. The highest BCUT2D eigenvalue weighted by atomic mass is 35.5. The minimum atomic E-state index is -0.773. The lowest BCUT2D eigenvalue weighted by atomic mass is 9.77. The van der Waals surface area contributed by atoms with E-state index in [2.05, 4.69) is 70.4 Å². The van der Waals surface area contributed by atoms with Crippen LogP contribution in [0.15, 0.2) is 134 Å². The molecule has 0 bridgehead atoms. The van der Waals surface area contributed by atoms with E-state index < -0.39 is 17.6 Å². The SMILES string of the molecule is CC(C)C[C@H](Nc1ccnc2cc(Cl)ccc12)C(=O)N[C@H](C=O)Cc1cn(C(c2ccccc2)(c2ccccc2)c2ccccc2)cn1. The van der Waals surface area contributed by atoms with E-state index in [1.165, 1.54) is 0 Å². The molecule has 1 amide bonds. The van der Waals surface area contributed by atoms with Crippen LogP contribution < -0.4 is 10.6 Å². The fraction of sp³-hybridized carbons (Fsp3) is 0.200. The van der Waals surface area contributed by atoms with Gasteiger partial charge in [-0.05, 0) is 53.3 Å². The molecule has 0 aliphatic heterocycles. The van der Waals surface area contributed by atoms with Gasteiger partial charge in [0, 0.05) is 34.9 Å². The van der Waals surface area contributed by atoms with E-state index in [9.17, 15) is 9.59 Å². The van der Waals surface area contributed by atoms with Crippen molar-refractivity contribution in [3.63, 3.8) is 0 Å². The summed E-state index contributed by atoms with van der Waals surface area (Å²) in [5.74, 6) is -0.0328. The molecule has 0 unspecified atom stereocenters. The number of hydrogen-bond donors (Lipinski definition) is 2. The predicted molar refractivity (Wildman–Crippen MR) is 192 cm³/mol. The number of hydrogen-bond acceptors (Lipinski definition) is 5. The molecule has 0 aliphatic rings. The zero-order chi connectivity index (χ0) is 33.5. The highest BCUT2D eigenvalue weighted by Gasteiger charge is 2.38. The number of pyridine rings is 1. The van der Waals surface area contributed by atoms with Gasteiger partial charge in [0.15, 0.2) is 0 Å². The molecule has 2 atom stereocenters. The first-order chi connectivity index (χ1) is 23.4. The molecule has 48 heavy (non-hydrogen) atoms. The summed E-state index contributed by atoms with van der Waals surface area (Å²) in [7, 11) is 0. The second kappa shape index (κ2) is 14.7. The van der Waals surface area contributed by atoms with Crippen molar-refractivity contribution < 1.29 is 9.59 Å². The van der Waals surface area contributed by atoms with Crippen molar-refractivity contribution in [1.29, 1.82) is 0 Å². The molecule has 7 nitrogen and oxygen atoms in total. The summed E-state index contributed by atoms with van der Waals surface area (Å²) in [6.07, 6.45) is 7.07. The van der Waals surface area contributed by atoms with Crippen molar-refractivity contribution in [3.8, 4) is 0 Å². The van der Waals surface area contributed by atoms with Crippen LogP contribution >= 0.6 is 11.6 Å². The van der Waals surface area contributed by atoms with E-state index >= 15 is 0 Å². The topological polar surface area (TPSA) is 88.9 Å². The van der Waals surface area contributed by atoms with E-state index in [0.717, 1.165) is 39.6 Å². The lowest BCUT2D eigenvalue weighted by molar-refractivity contribution is -0.124. The molecule has 0 spiro atoms. The van der Waals surface area contributed by atoms with E-state index in [0.29, 0.717) is 17.1 Å². The smallest absolute Gasteiger partial charge is 0.243 e. The summed E-state index contributed by atoms with van der Waals surface area (Å²) in [5, 5.41) is 7.85. The maximum Gasteiger partial charge on any atom is 0.243 e. The maximum atomic E-state index is 13.8. The maximum absolute atomic E-state index is 13.8. The molecular formula is C40H38ClN5O2. The second-order valence-electron chi connectivity index (χ2n) is 12.4. The molecule has 6 rings (SSSR count). The molecule has 0 aliphatic carbocycles. The number of anilines is 1. The van der Waals surface area contributed by atoms with Gasteiger partial charge in [-0.2, -0.15) is 0 Å². The molecule has 0 saturated heterocycles. The van der Waals surface area contributed by atoms with Crippen LogP contribution in [-0.2, 0) is 21.5 Å². The number of imidazole rings is 1. The number of fused-ring (bicyclic) bond motifs is 1. The third-order valence-corrected chi connectivity index (χ3v) is 8.81. The van der Waals surface area contributed by atoms with Gasteiger partial charge in [0.25, 0.3) is 0 Å². The van der Waals surface area contributed by atoms with Gasteiger partial charge in [-0.15, -0.1) is 0 Å². The van der Waals surface area contributed by atoms with E-state index in [4.69, 9.17) is 16.6 Å². The van der Waals surface area contributed by atoms with Gasteiger partial charge >= 0.3 is 0 Å². The highest BCUT2D eigenvalue weighted by Crippen LogP contribution is 2.40. The number of amides is 1. The van der Waals surface area contributed by atoms with Crippen LogP contribution in [0.5, 0.6) is 0 Å². The lowest BCUT2D eigenvalue weighted by Crippen LogP contribution is -2.46. The molecule has 8 heteroatoms. The zero-order valence-electron chi connectivity index (χ0n) is 27.0. The van der Waals surface area contributed by atoms with E-state index in [-0.39, 0.29) is 18.2 Å². The lowest BCUT2D eigenvalue weighted by Gasteiger charge is -2.37. The molecule has 0 saturated carbocycles. The number of benzene rings is 4. The predicted octanol–water partition coefficient (Wildman–Crippen LogP) is 7.68. The normalized spacial score (nSPS) is 12.8. The van der Waals surface area contributed by atoms with Gasteiger partial charge in [-0.25, -0.2) is 4.98 Å². The minimum Gasteiger partial charge on any atom is -0.373 e. The van der Waals surface area contributed by atoms with Crippen molar-refractivity contribution in [2.45, 2.75) is 44.3 Å². The molecule has 2 N–H and O–H groups in total. The van der Waals surface area contributed by atoms with Gasteiger partial charge < -0.3 is 20.0 Å². The first kappa shape index (κ1) is 32.7. The molecule has 2 heterocycles. The number of aldehydes is 1. The van der Waals surface area contributed by atoms with Crippen molar-refractivity contribution in [1.82, 2.24) is 19.9 Å². The Morgan fingerprint density at radius 1 is 0.854 bits per heavy atom. The van der Waals surface area contributed by atoms with Crippen LogP contribution in [-0.4, -0.2) is 38.8 Å².